The van der Waals surface area contributed by atoms with E-state index in [1.807, 2.05) is 12.1 Å². The number of aliphatic hydroxyl groups is 1. The molecule has 3 aromatic rings. The van der Waals surface area contributed by atoms with Crippen LogP contribution < -0.4 is 15.6 Å². The summed E-state index contributed by atoms with van der Waals surface area (Å²) in [4.78, 5) is 30.5. The smallest absolute Gasteiger partial charge is 0.255 e. The van der Waals surface area contributed by atoms with Crippen molar-refractivity contribution in [3.63, 3.8) is 0 Å². The first-order chi connectivity index (χ1) is 13.2. The Morgan fingerprint density at radius 3 is 2.93 bits per heavy atom. The van der Waals surface area contributed by atoms with Crippen LogP contribution in [0.3, 0.4) is 0 Å². The minimum absolute atomic E-state index is 0.0242. The van der Waals surface area contributed by atoms with Gasteiger partial charge in [-0.1, -0.05) is 11.8 Å². The van der Waals surface area contributed by atoms with Gasteiger partial charge in [-0.3, -0.25) is 9.59 Å². The summed E-state index contributed by atoms with van der Waals surface area (Å²) < 4.78 is 5.86. The molecule has 1 saturated heterocycles. The fourth-order valence-electron chi connectivity index (χ4n) is 3.23. The second-order valence-electron chi connectivity index (χ2n) is 6.34. The molecule has 1 aliphatic rings. The Morgan fingerprint density at radius 1 is 1.26 bits per heavy atom. The van der Waals surface area contributed by atoms with Crippen LogP contribution in [0.1, 0.15) is 18.4 Å². The molecule has 1 atom stereocenters. The van der Waals surface area contributed by atoms with Gasteiger partial charge in [0, 0.05) is 40.5 Å². The molecule has 3 heterocycles. The number of pyridine rings is 2. The van der Waals surface area contributed by atoms with Gasteiger partial charge < -0.3 is 20.1 Å². The summed E-state index contributed by atoms with van der Waals surface area (Å²) >= 11 is 0. The Hall–Kier alpha value is -3.37. The lowest BCUT2D eigenvalue weighted by Gasteiger charge is -2.13. The summed E-state index contributed by atoms with van der Waals surface area (Å²) in [5, 5.41) is 14.6. The molecule has 1 aromatic carbocycles. The van der Waals surface area contributed by atoms with Crippen molar-refractivity contribution in [3.8, 4) is 17.7 Å². The second kappa shape index (κ2) is 7.09. The Kier molecular flexibility index (Phi) is 4.48. The van der Waals surface area contributed by atoms with Gasteiger partial charge in [0.25, 0.3) is 5.56 Å². The average Bonchev–Trinajstić information content (AvgIpc) is 3.10. The number of H-pyrrole nitrogens is 1. The first-order valence-corrected chi connectivity index (χ1v) is 8.62. The van der Waals surface area contributed by atoms with Crippen LogP contribution in [0.25, 0.3) is 21.5 Å². The van der Waals surface area contributed by atoms with Crippen LogP contribution in [0, 0.1) is 11.8 Å². The van der Waals surface area contributed by atoms with Gasteiger partial charge >= 0.3 is 0 Å². The molecular weight excluding hydrogens is 346 g/mol. The summed E-state index contributed by atoms with van der Waals surface area (Å²) in [6.07, 6.45) is 4.41. The molecule has 27 heavy (non-hydrogen) atoms. The zero-order valence-electron chi connectivity index (χ0n) is 14.4. The number of carbonyl (C=O) groups excluding carboxylic acids is 1. The van der Waals surface area contributed by atoms with E-state index in [1.54, 1.807) is 12.3 Å². The maximum absolute atomic E-state index is 12.2. The molecule has 0 bridgehead atoms. The van der Waals surface area contributed by atoms with Gasteiger partial charge in [0.1, 0.15) is 13.2 Å². The Bertz CT molecular complexity index is 1160. The van der Waals surface area contributed by atoms with E-state index in [9.17, 15) is 9.59 Å². The van der Waals surface area contributed by atoms with Gasteiger partial charge in [-0.05, 0) is 30.0 Å². The topological polar surface area (TPSA) is 104 Å². The summed E-state index contributed by atoms with van der Waals surface area (Å²) in [6, 6.07) is 5.39. The molecule has 1 fully saturated rings. The molecule has 136 valence electrons. The lowest BCUT2D eigenvalue weighted by atomic mass is 10.0. The number of aromatic amines is 1. The molecule has 0 spiro atoms. The molecule has 7 heteroatoms. The molecule has 0 radical (unpaired) electrons. The van der Waals surface area contributed by atoms with E-state index in [4.69, 9.17) is 9.84 Å². The maximum Gasteiger partial charge on any atom is 0.255 e. The molecule has 2 aromatic heterocycles. The molecule has 1 amide bonds. The zero-order valence-corrected chi connectivity index (χ0v) is 14.4. The third-order valence-corrected chi connectivity index (χ3v) is 4.56. The van der Waals surface area contributed by atoms with Gasteiger partial charge in [-0.15, -0.1) is 0 Å². The number of amides is 1. The summed E-state index contributed by atoms with van der Waals surface area (Å²) in [6.45, 7) is 0.0691. The van der Waals surface area contributed by atoms with E-state index in [1.165, 1.54) is 6.20 Å². The molecular formula is C20H17N3O4. The molecule has 3 N–H and O–H groups in total. The number of aliphatic hydroxyl groups excluding tert-OH is 1. The quantitative estimate of drug-likeness (QED) is 0.477. The van der Waals surface area contributed by atoms with E-state index in [2.05, 4.69) is 27.1 Å². The number of ether oxygens (including phenoxy) is 1. The number of fused-ring (bicyclic) bond motifs is 2. The van der Waals surface area contributed by atoms with E-state index in [0.717, 1.165) is 17.2 Å². The highest BCUT2D eigenvalue weighted by Gasteiger charge is 2.21. The first-order valence-electron chi connectivity index (χ1n) is 8.62. The third-order valence-electron chi connectivity index (χ3n) is 4.56. The van der Waals surface area contributed by atoms with Crippen molar-refractivity contribution in [1.82, 2.24) is 15.3 Å². The second-order valence-corrected chi connectivity index (χ2v) is 6.34. The normalized spacial score (nSPS) is 16.2. The number of benzene rings is 1. The SMILES string of the molecule is O=C1CC[C@@H](COc2nccc3cc4c(=O)[nH]cc(C#CCO)c4cc23)N1. The average molecular weight is 363 g/mol. The number of hydrogen-bond donors (Lipinski definition) is 3. The lowest BCUT2D eigenvalue weighted by Crippen LogP contribution is -2.31. The van der Waals surface area contributed by atoms with Crippen molar-refractivity contribution >= 4 is 27.5 Å². The van der Waals surface area contributed by atoms with Crippen molar-refractivity contribution < 1.29 is 14.6 Å². The number of rotatable bonds is 3. The third kappa shape index (κ3) is 3.35. The standard InChI is InChI=1S/C20H17N3O4/c24-7-1-2-13-10-22-19(26)17-8-12-5-6-21-20(16(12)9-15(13)17)27-11-14-3-4-18(25)23-14/h5-6,8-10,14,24H,3-4,7,11H2,(H,22,26)(H,23,25)/t14-/m0/s1. The van der Waals surface area contributed by atoms with Crippen LogP contribution in [-0.2, 0) is 4.79 Å². The van der Waals surface area contributed by atoms with Crippen LogP contribution in [0.5, 0.6) is 5.88 Å². The molecule has 4 rings (SSSR count). The zero-order chi connectivity index (χ0) is 18.8. The van der Waals surface area contributed by atoms with Gasteiger partial charge in [0.2, 0.25) is 11.8 Å². The highest BCUT2D eigenvalue weighted by Crippen LogP contribution is 2.28. The molecule has 7 nitrogen and oxygen atoms in total. The monoisotopic (exact) mass is 363 g/mol. The molecule has 0 aliphatic carbocycles. The van der Waals surface area contributed by atoms with Crippen molar-refractivity contribution in [3.05, 3.63) is 46.5 Å². The molecule has 0 unspecified atom stereocenters. The molecule has 1 aliphatic heterocycles. The van der Waals surface area contributed by atoms with Gasteiger partial charge in [0.05, 0.1) is 6.04 Å². The molecule has 0 saturated carbocycles. The van der Waals surface area contributed by atoms with Crippen molar-refractivity contribution in [2.45, 2.75) is 18.9 Å². The van der Waals surface area contributed by atoms with E-state index >= 15 is 0 Å². The number of aromatic nitrogens is 2. The van der Waals surface area contributed by atoms with Crippen LogP contribution >= 0.6 is 0 Å². The fraction of sp³-hybridized carbons (Fsp3) is 0.250. The number of nitrogens with zero attached hydrogens (tertiary/aromatic N) is 1. The largest absolute Gasteiger partial charge is 0.475 e. The Morgan fingerprint density at radius 2 is 2.15 bits per heavy atom. The summed E-state index contributed by atoms with van der Waals surface area (Å²) in [5.41, 5.74) is 0.396. The predicted octanol–water partition coefficient (Wildman–Crippen LogP) is 1.08. The lowest BCUT2D eigenvalue weighted by molar-refractivity contribution is -0.119. The highest BCUT2D eigenvalue weighted by molar-refractivity contribution is 6.01. The number of carbonyl (C=O) groups is 1. The van der Waals surface area contributed by atoms with Crippen LogP contribution in [0.4, 0.5) is 0 Å². The predicted molar refractivity (Wildman–Crippen MR) is 100 cm³/mol. The van der Waals surface area contributed by atoms with E-state index in [0.29, 0.717) is 35.2 Å². The number of nitrogens with one attached hydrogen (secondary N) is 2. The summed E-state index contributed by atoms with van der Waals surface area (Å²) in [7, 11) is 0. The van der Waals surface area contributed by atoms with Gasteiger partial charge in [-0.25, -0.2) is 4.98 Å². The van der Waals surface area contributed by atoms with Gasteiger partial charge in [-0.2, -0.15) is 0 Å². The Labute approximate surface area is 154 Å². The Balaban J connectivity index is 1.79. The minimum Gasteiger partial charge on any atom is -0.475 e. The van der Waals surface area contributed by atoms with Crippen molar-refractivity contribution in [1.29, 1.82) is 0 Å². The summed E-state index contributed by atoms with van der Waals surface area (Å²) in [5.74, 6) is 5.93. The van der Waals surface area contributed by atoms with Crippen LogP contribution in [-0.4, -0.2) is 40.2 Å². The fourth-order valence-corrected chi connectivity index (χ4v) is 3.23. The van der Waals surface area contributed by atoms with Crippen molar-refractivity contribution in [2.75, 3.05) is 13.2 Å². The van der Waals surface area contributed by atoms with Gasteiger partial charge in [0.15, 0.2) is 0 Å². The van der Waals surface area contributed by atoms with E-state index < -0.39 is 0 Å². The van der Waals surface area contributed by atoms with Crippen molar-refractivity contribution in [2.24, 2.45) is 0 Å². The van der Waals surface area contributed by atoms with Crippen LogP contribution in [0.15, 0.2) is 35.4 Å². The van der Waals surface area contributed by atoms with Crippen LogP contribution in [0.2, 0.25) is 0 Å². The van der Waals surface area contributed by atoms with E-state index in [-0.39, 0.29) is 24.1 Å². The first kappa shape index (κ1) is 17.1. The maximum atomic E-state index is 12.2. The minimum atomic E-state index is -0.267. The number of hydrogen-bond acceptors (Lipinski definition) is 5. The highest BCUT2D eigenvalue weighted by atomic mass is 16.5.